The quantitative estimate of drug-likeness (QED) is 0.669. The van der Waals surface area contributed by atoms with Crippen LogP contribution in [0.4, 0.5) is 11.6 Å². The number of hydrogen-bond donors (Lipinski definition) is 3. The van der Waals surface area contributed by atoms with E-state index in [9.17, 15) is 4.79 Å². The van der Waals surface area contributed by atoms with E-state index in [1.165, 1.54) is 12.8 Å². The molecule has 2 aromatic heterocycles. The Morgan fingerprint density at radius 2 is 2.08 bits per heavy atom. The summed E-state index contributed by atoms with van der Waals surface area (Å²) in [5.74, 6) is 2.02. The summed E-state index contributed by atoms with van der Waals surface area (Å²) < 4.78 is 0. The zero-order valence-electron chi connectivity index (χ0n) is 12.9. The summed E-state index contributed by atoms with van der Waals surface area (Å²) >= 11 is 0. The largest absolute Gasteiger partial charge is 0.366 e. The number of anilines is 2. The molecule has 0 aliphatic heterocycles. The number of rotatable bonds is 5. The van der Waals surface area contributed by atoms with Crippen molar-refractivity contribution in [1.82, 2.24) is 20.2 Å². The molecule has 0 saturated heterocycles. The molecule has 2 heterocycles. The van der Waals surface area contributed by atoms with Crippen molar-refractivity contribution < 1.29 is 4.79 Å². The van der Waals surface area contributed by atoms with Crippen LogP contribution in [-0.4, -0.2) is 26.1 Å². The fraction of sp³-hybridized carbons (Fsp3) is 0.176. The Labute approximate surface area is 138 Å². The van der Waals surface area contributed by atoms with E-state index in [0.29, 0.717) is 23.1 Å². The Morgan fingerprint density at radius 3 is 2.88 bits per heavy atom. The number of hydrogen-bond acceptors (Lipinski definition) is 5. The number of benzene rings is 1. The van der Waals surface area contributed by atoms with E-state index in [2.05, 4.69) is 25.5 Å². The molecule has 1 fully saturated rings. The first-order chi connectivity index (χ1) is 11.7. The molecule has 0 bridgehead atoms. The summed E-state index contributed by atoms with van der Waals surface area (Å²) in [4.78, 5) is 20.1. The third-order valence-electron chi connectivity index (χ3n) is 3.93. The Morgan fingerprint density at radius 1 is 1.21 bits per heavy atom. The lowest BCUT2D eigenvalue weighted by Gasteiger charge is -2.05. The van der Waals surface area contributed by atoms with Crippen molar-refractivity contribution in [3.8, 4) is 11.4 Å². The van der Waals surface area contributed by atoms with Gasteiger partial charge in [0.25, 0.3) is 0 Å². The molecule has 1 saturated carbocycles. The molecule has 7 nitrogen and oxygen atoms in total. The molecule has 7 heteroatoms. The Kier molecular flexibility index (Phi) is 3.45. The maximum atomic E-state index is 11.3. The molecule has 0 spiro atoms. The van der Waals surface area contributed by atoms with Crippen LogP contribution < -0.4 is 11.1 Å². The zero-order valence-corrected chi connectivity index (χ0v) is 12.9. The topological polar surface area (TPSA) is 110 Å². The van der Waals surface area contributed by atoms with Crippen LogP contribution in [0.1, 0.15) is 34.8 Å². The third-order valence-corrected chi connectivity index (χ3v) is 3.93. The van der Waals surface area contributed by atoms with Crippen LogP contribution in [0.2, 0.25) is 0 Å². The van der Waals surface area contributed by atoms with Gasteiger partial charge in [0, 0.05) is 35.0 Å². The van der Waals surface area contributed by atoms with E-state index in [4.69, 9.17) is 5.73 Å². The molecule has 4 rings (SSSR count). The fourth-order valence-electron chi connectivity index (χ4n) is 2.51. The van der Waals surface area contributed by atoms with E-state index >= 15 is 0 Å². The van der Waals surface area contributed by atoms with Crippen molar-refractivity contribution in [2.45, 2.75) is 18.8 Å². The molecular formula is C17H16N6O. The summed E-state index contributed by atoms with van der Waals surface area (Å²) in [5.41, 5.74) is 7.63. The van der Waals surface area contributed by atoms with Gasteiger partial charge < -0.3 is 11.1 Å². The highest BCUT2D eigenvalue weighted by molar-refractivity contribution is 5.93. The molecule has 1 aliphatic rings. The van der Waals surface area contributed by atoms with Crippen molar-refractivity contribution in [2.24, 2.45) is 5.73 Å². The van der Waals surface area contributed by atoms with Gasteiger partial charge in [0.1, 0.15) is 5.82 Å². The van der Waals surface area contributed by atoms with Crippen LogP contribution in [0.25, 0.3) is 11.4 Å². The van der Waals surface area contributed by atoms with Gasteiger partial charge in [-0.15, -0.1) is 0 Å². The van der Waals surface area contributed by atoms with Gasteiger partial charge in [-0.3, -0.25) is 9.89 Å². The maximum absolute atomic E-state index is 11.3. The number of nitrogens with zero attached hydrogens (tertiary/aromatic N) is 3. The minimum atomic E-state index is -0.477. The first-order valence-electron chi connectivity index (χ1n) is 7.74. The second kappa shape index (κ2) is 5.77. The van der Waals surface area contributed by atoms with Gasteiger partial charge in [0.2, 0.25) is 5.91 Å². The van der Waals surface area contributed by atoms with Crippen LogP contribution in [0.3, 0.4) is 0 Å². The van der Waals surface area contributed by atoms with Gasteiger partial charge in [-0.1, -0.05) is 12.1 Å². The lowest BCUT2D eigenvalue weighted by Crippen LogP contribution is -2.10. The van der Waals surface area contributed by atoms with Crippen LogP contribution in [0.15, 0.2) is 42.6 Å². The first-order valence-corrected chi connectivity index (χ1v) is 7.74. The number of amides is 1. The van der Waals surface area contributed by atoms with E-state index in [1.54, 1.807) is 30.5 Å². The molecule has 0 radical (unpaired) electrons. The normalized spacial score (nSPS) is 13.7. The number of carbonyl (C=O) groups excluding carboxylic acids is 1. The number of nitrogens with two attached hydrogens (primary N) is 1. The van der Waals surface area contributed by atoms with Gasteiger partial charge >= 0.3 is 0 Å². The number of H-pyrrole nitrogens is 1. The highest BCUT2D eigenvalue weighted by Gasteiger charge is 2.25. The van der Waals surface area contributed by atoms with Crippen molar-refractivity contribution in [2.75, 3.05) is 5.32 Å². The highest BCUT2D eigenvalue weighted by Crippen LogP contribution is 2.39. The Balaban J connectivity index is 1.58. The third kappa shape index (κ3) is 2.96. The van der Waals surface area contributed by atoms with E-state index in [0.717, 1.165) is 17.1 Å². The van der Waals surface area contributed by atoms with Crippen LogP contribution >= 0.6 is 0 Å². The minimum absolute atomic E-state index is 0.427. The van der Waals surface area contributed by atoms with Crippen LogP contribution in [-0.2, 0) is 0 Å². The molecule has 1 amide bonds. The summed E-state index contributed by atoms with van der Waals surface area (Å²) in [5, 5.41) is 10.5. The molecule has 0 unspecified atom stereocenters. The maximum Gasteiger partial charge on any atom is 0.248 e. The van der Waals surface area contributed by atoms with Crippen LogP contribution in [0.5, 0.6) is 0 Å². The monoisotopic (exact) mass is 320 g/mol. The predicted octanol–water partition coefficient (Wildman–Crippen LogP) is 2.59. The second-order valence-corrected chi connectivity index (χ2v) is 5.82. The average molecular weight is 320 g/mol. The summed E-state index contributed by atoms with van der Waals surface area (Å²) in [6.45, 7) is 0. The van der Waals surface area contributed by atoms with Gasteiger partial charge in [-0.05, 0) is 31.0 Å². The zero-order chi connectivity index (χ0) is 16.5. The van der Waals surface area contributed by atoms with Crippen molar-refractivity contribution >= 4 is 17.5 Å². The molecule has 3 aromatic rings. The van der Waals surface area contributed by atoms with Crippen molar-refractivity contribution in [3.05, 3.63) is 53.9 Å². The molecule has 1 aliphatic carbocycles. The number of aromatic nitrogens is 4. The van der Waals surface area contributed by atoms with E-state index in [1.807, 2.05) is 12.1 Å². The van der Waals surface area contributed by atoms with Crippen LogP contribution in [0, 0.1) is 0 Å². The second-order valence-electron chi connectivity index (χ2n) is 5.82. The molecule has 120 valence electrons. The summed E-state index contributed by atoms with van der Waals surface area (Å²) in [6, 6.07) is 10.7. The van der Waals surface area contributed by atoms with Crippen molar-refractivity contribution in [1.29, 1.82) is 0 Å². The molecule has 1 aromatic carbocycles. The van der Waals surface area contributed by atoms with Gasteiger partial charge in [-0.2, -0.15) is 5.10 Å². The number of aromatic amines is 1. The molecule has 0 atom stereocenters. The highest BCUT2D eigenvalue weighted by atomic mass is 16.1. The fourth-order valence-corrected chi connectivity index (χ4v) is 2.51. The molecule has 4 N–H and O–H groups in total. The standard InChI is InChI=1S/C17H16N6O/c18-16(24)11-2-1-3-12(8-11)17-19-7-6-14(21-17)20-15-9-13(22-23-15)10-4-5-10/h1-3,6-10H,4-5H2,(H2,18,24)(H2,19,20,21,22,23). The SMILES string of the molecule is NC(=O)c1cccc(-c2nccc(Nc3cc(C4CC4)[nH]n3)n2)c1. The molecule has 24 heavy (non-hydrogen) atoms. The predicted molar refractivity (Wildman–Crippen MR) is 89.8 cm³/mol. The van der Waals surface area contributed by atoms with E-state index in [-0.39, 0.29) is 0 Å². The van der Waals surface area contributed by atoms with E-state index < -0.39 is 5.91 Å². The Bertz CT molecular complexity index is 899. The summed E-state index contributed by atoms with van der Waals surface area (Å²) in [7, 11) is 0. The lowest BCUT2D eigenvalue weighted by atomic mass is 10.1. The van der Waals surface area contributed by atoms with Gasteiger partial charge in [0.15, 0.2) is 11.6 Å². The van der Waals surface area contributed by atoms with Gasteiger partial charge in [0.05, 0.1) is 0 Å². The lowest BCUT2D eigenvalue weighted by molar-refractivity contribution is 0.100. The average Bonchev–Trinajstić information content (AvgIpc) is 3.35. The molecular weight excluding hydrogens is 304 g/mol. The smallest absolute Gasteiger partial charge is 0.248 e. The van der Waals surface area contributed by atoms with Crippen molar-refractivity contribution in [3.63, 3.8) is 0 Å². The first kappa shape index (κ1) is 14.4. The minimum Gasteiger partial charge on any atom is -0.366 e. The Hall–Kier alpha value is -3.22. The number of primary amides is 1. The summed E-state index contributed by atoms with van der Waals surface area (Å²) in [6.07, 6.45) is 4.10. The number of carbonyl (C=O) groups is 1. The van der Waals surface area contributed by atoms with Gasteiger partial charge in [-0.25, -0.2) is 9.97 Å². The number of nitrogens with one attached hydrogen (secondary N) is 2.